The molecule has 0 aromatic heterocycles. The fourth-order valence-corrected chi connectivity index (χ4v) is 2.47. The zero-order valence-electron chi connectivity index (χ0n) is 16.6. The molecule has 5 nitrogen and oxygen atoms in total. The Balaban J connectivity index is 2.08. The van der Waals surface area contributed by atoms with Crippen LogP contribution in [0.1, 0.15) is 48.7 Å². The van der Waals surface area contributed by atoms with Gasteiger partial charge in [-0.15, -0.1) is 0 Å². The Morgan fingerprint density at radius 1 is 1.04 bits per heavy atom. The van der Waals surface area contributed by atoms with Crippen LogP contribution >= 0.6 is 0 Å². The molecule has 27 heavy (non-hydrogen) atoms. The van der Waals surface area contributed by atoms with Crippen molar-refractivity contribution < 1.29 is 14.3 Å². The molecule has 0 heterocycles. The van der Waals surface area contributed by atoms with E-state index < -0.39 is 6.10 Å². The third-order valence-corrected chi connectivity index (χ3v) is 4.58. The second-order valence-corrected chi connectivity index (χ2v) is 6.82. The SMILES string of the molecule is CC[C@H](C)NC(=O)c1ccccc1NC(=O)[C@@H](C)Oc1ccc(C)c(C)c1. The molecule has 0 saturated carbocycles. The Hall–Kier alpha value is -2.82. The number of para-hydroxylation sites is 1. The first-order valence-corrected chi connectivity index (χ1v) is 9.26. The number of benzene rings is 2. The van der Waals surface area contributed by atoms with E-state index in [-0.39, 0.29) is 17.9 Å². The first kappa shape index (κ1) is 20.5. The molecule has 0 spiro atoms. The molecule has 0 saturated heterocycles. The van der Waals surface area contributed by atoms with Gasteiger partial charge in [0.25, 0.3) is 11.8 Å². The molecule has 0 bridgehead atoms. The molecule has 0 aliphatic rings. The van der Waals surface area contributed by atoms with E-state index in [1.807, 2.05) is 45.9 Å². The van der Waals surface area contributed by atoms with E-state index in [1.54, 1.807) is 31.2 Å². The minimum absolute atomic E-state index is 0.0632. The van der Waals surface area contributed by atoms with Crippen LogP contribution in [0.4, 0.5) is 5.69 Å². The van der Waals surface area contributed by atoms with E-state index in [0.717, 1.165) is 12.0 Å². The van der Waals surface area contributed by atoms with Crippen LogP contribution in [0.3, 0.4) is 0 Å². The number of ether oxygens (including phenoxy) is 1. The second-order valence-electron chi connectivity index (χ2n) is 6.82. The van der Waals surface area contributed by atoms with Gasteiger partial charge in [-0.05, 0) is 69.5 Å². The van der Waals surface area contributed by atoms with Gasteiger partial charge < -0.3 is 15.4 Å². The number of nitrogens with one attached hydrogen (secondary N) is 2. The minimum atomic E-state index is -0.696. The highest BCUT2D eigenvalue weighted by atomic mass is 16.5. The van der Waals surface area contributed by atoms with Crippen LogP contribution in [0.5, 0.6) is 5.75 Å². The number of hydrogen-bond donors (Lipinski definition) is 2. The molecule has 2 N–H and O–H groups in total. The molecule has 0 unspecified atom stereocenters. The van der Waals surface area contributed by atoms with Crippen molar-refractivity contribution in [1.29, 1.82) is 0 Å². The predicted octanol–water partition coefficient (Wildman–Crippen LogP) is 4.24. The van der Waals surface area contributed by atoms with Crippen molar-refractivity contribution in [2.24, 2.45) is 0 Å². The zero-order valence-corrected chi connectivity index (χ0v) is 16.6. The number of carbonyl (C=O) groups excluding carboxylic acids is 2. The summed E-state index contributed by atoms with van der Waals surface area (Å²) in [5.41, 5.74) is 3.18. The lowest BCUT2D eigenvalue weighted by molar-refractivity contribution is -0.122. The van der Waals surface area contributed by atoms with Gasteiger partial charge in [0.1, 0.15) is 5.75 Å². The second kappa shape index (κ2) is 9.21. The first-order valence-electron chi connectivity index (χ1n) is 9.26. The van der Waals surface area contributed by atoms with Crippen molar-refractivity contribution >= 4 is 17.5 Å². The molecule has 0 aliphatic heterocycles. The number of anilines is 1. The zero-order chi connectivity index (χ0) is 20.0. The third-order valence-electron chi connectivity index (χ3n) is 4.58. The maximum atomic E-state index is 12.6. The summed E-state index contributed by atoms with van der Waals surface area (Å²) in [4.78, 5) is 25.0. The Morgan fingerprint density at radius 2 is 1.74 bits per heavy atom. The minimum Gasteiger partial charge on any atom is -0.481 e. The van der Waals surface area contributed by atoms with Crippen molar-refractivity contribution in [2.45, 2.75) is 53.2 Å². The van der Waals surface area contributed by atoms with E-state index in [4.69, 9.17) is 4.74 Å². The molecule has 2 rings (SSSR count). The summed E-state index contributed by atoms with van der Waals surface area (Å²) in [7, 11) is 0. The van der Waals surface area contributed by atoms with Gasteiger partial charge in [-0.25, -0.2) is 0 Å². The highest BCUT2D eigenvalue weighted by Crippen LogP contribution is 2.19. The van der Waals surface area contributed by atoms with E-state index in [2.05, 4.69) is 10.6 Å². The van der Waals surface area contributed by atoms with E-state index >= 15 is 0 Å². The van der Waals surface area contributed by atoms with Crippen LogP contribution in [0.2, 0.25) is 0 Å². The van der Waals surface area contributed by atoms with Gasteiger partial charge in [0.15, 0.2) is 6.10 Å². The largest absolute Gasteiger partial charge is 0.481 e. The van der Waals surface area contributed by atoms with Gasteiger partial charge in [-0.2, -0.15) is 0 Å². The molecular formula is C22H28N2O3. The Bertz CT molecular complexity index is 817. The molecule has 0 radical (unpaired) electrons. The molecule has 144 valence electrons. The smallest absolute Gasteiger partial charge is 0.265 e. The molecule has 5 heteroatoms. The average molecular weight is 368 g/mol. The standard InChI is InChI=1S/C22H28N2O3/c1-6-16(4)23-22(26)19-9-7-8-10-20(19)24-21(25)17(5)27-18-12-11-14(2)15(3)13-18/h7-13,16-17H,6H2,1-5H3,(H,23,26)(H,24,25)/t16-,17+/m0/s1. The van der Waals surface area contributed by atoms with Crippen LogP contribution in [0.15, 0.2) is 42.5 Å². The summed E-state index contributed by atoms with van der Waals surface area (Å²) < 4.78 is 5.75. The highest BCUT2D eigenvalue weighted by Gasteiger charge is 2.19. The summed E-state index contributed by atoms with van der Waals surface area (Å²) in [6, 6.07) is 12.7. The lowest BCUT2D eigenvalue weighted by Gasteiger charge is -2.18. The van der Waals surface area contributed by atoms with Gasteiger partial charge in [-0.3, -0.25) is 9.59 Å². The van der Waals surface area contributed by atoms with E-state index in [1.165, 1.54) is 5.56 Å². The summed E-state index contributed by atoms with van der Waals surface area (Å²) in [5.74, 6) is 0.128. The van der Waals surface area contributed by atoms with Gasteiger partial charge in [0.05, 0.1) is 11.3 Å². The van der Waals surface area contributed by atoms with Crippen LogP contribution in [0, 0.1) is 13.8 Å². The van der Waals surface area contributed by atoms with Gasteiger partial charge in [-0.1, -0.05) is 25.1 Å². The molecule has 2 atom stereocenters. The predicted molar refractivity (Wildman–Crippen MR) is 108 cm³/mol. The van der Waals surface area contributed by atoms with Gasteiger partial charge in [0, 0.05) is 6.04 Å². The van der Waals surface area contributed by atoms with E-state index in [0.29, 0.717) is 17.0 Å². The van der Waals surface area contributed by atoms with Crippen LogP contribution in [-0.2, 0) is 4.79 Å². The number of amides is 2. The monoisotopic (exact) mass is 368 g/mol. The van der Waals surface area contributed by atoms with Crippen LogP contribution in [0.25, 0.3) is 0 Å². The maximum absolute atomic E-state index is 12.6. The van der Waals surface area contributed by atoms with Gasteiger partial charge >= 0.3 is 0 Å². The molecule has 0 aliphatic carbocycles. The molecule has 2 aromatic carbocycles. The normalized spacial score (nSPS) is 12.8. The number of aryl methyl sites for hydroxylation is 2. The molecular weight excluding hydrogens is 340 g/mol. The summed E-state index contributed by atoms with van der Waals surface area (Å²) in [6.07, 6.45) is 0.138. The molecule has 0 fully saturated rings. The Labute approximate surface area is 161 Å². The lowest BCUT2D eigenvalue weighted by atomic mass is 10.1. The molecule has 2 amide bonds. The number of rotatable bonds is 7. The summed E-state index contributed by atoms with van der Waals surface area (Å²) in [5, 5.41) is 5.72. The fraction of sp³-hybridized carbons (Fsp3) is 0.364. The lowest BCUT2D eigenvalue weighted by Crippen LogP contribution is -2.34. The van der Waals surface area contributed by atoms with Gasteiger partial charge in [0.2, 0.25) is 0 Å². The summed E-state index contributed by atoms with van der Waals surface area (Å²) in [6.45, 7) is 9.66. The number of hydrogen-bond acceptors (Lipinski definition) is 3. The summed E-state index contributed by atoms with van der Waals surface area (Å²) >= 11 is 0. The first-order chi connectivity index (χ1) is 12.8. The van der Waals surface area contributed by atoms with Crippen molar-refractivity contribution in [1.82, 2.24) is 5.32 Å². The maximum Gasteiger partial charge on any atom is 0.265 e. The van der Waals surface area contributed by atoms with Crippen LogP contribution in [-0.4, -0.2) is 24.0 Å². The quantitative estimate of drug-likeness (QED) is 0.768. The topological polar surface area (TPSA) is 67.4 Å². The third kappa shape index (κ3) is 5.58. The van der Waals surface area contributed by atoms with Crippen molar-refractivity contribution in [2.75, 3.05) is 5.32 Å². The molecule has 2 aromatic rings. The highest BCUT2D eigenvalue weighted by molar-refractivity contribution is 6.04. The van der Waals surface area contributed by atoms with Crippen LogP contribution < -0.4 is 15.4 Å². The Morgan fingerprint density at radius 3 is 2.41 bits per heavy atom. The fourth-order valence-electron chi connectivity index (χ4n) is 2.47. The van der Waals surface area contributed by atoms with Crippen molar-refractivity contribution in [3.8, 4) is 5.75 Å². The number of carbonyl (C=O) groups is 2. The Kier molecular flexibility index (Phi) is 6.99. The van der Waals surface area contributed by atoms with E-state index in [9.17, 15) is 9.59 Å². The average Bonchev–Trinajstić information content (AvgIpc) is 2.64. The van der Waals surface area contributed by atoms with Crippen molar-refractivity contribution in [3.63, 3.8) is 0 Å². The van der Waals surface area contributed by atoms with Crippen molar-refractivity contribution in [3.05, 3.63) is 59.2 Å².